The molecule has 120 heavy (non-hydrogen) atoms. The zero-order valence-corrected chi connectivity index (χ0v) is 65.9. The lowest BCUT2D eigenvalue weighted by atomic mass is 9.80. The molecule has 4 atom stereocenters. The summed E-state index contributed by atoms with van der Waals surface area (Å²) in [6.45, 7) is 4.13. The van der Waals surface area contributed by atoms with E-state index in [1.165, 1.54) is 44.5 Å². The first-order chi connectivity index (χ1) is 58.5. The van der Waals surface area contributed by atoms with Crippen LogP contribution in [0.3, 0.4) is 0 Å². The SMILES string of the molecule is C#Cc1ccc(-c2nc(-c3cccc4c3CC[C@@]43CC(=O)N(CCO)C3)no2)cc1.C#Cc1ccc(-c2nc(-c3cccc4c3CC[C@]43CC(=O)N(CCO)C3)no2)cc1.C#Cc1cccc(-c2nc(-c3cccc4c3CC[C@@]43CC(=O)N(CCO)C3)no2)c1.C#Cc1cccc(-c2nc(-c3cccc4c3CC[C@]43CC(=O)N(CCO)C3)no2)c1. The molecule has 8 aliphatic rings. The number of carbonyl (C=O) groups excluding carboxylic acids is 4. The molecule has 4 saturated heterocycles. The van der Waals surface area contributed by atoms with E-state index < -0.39 is 0 Å². The molecule has 24 nitrogen and oxygen atoms in total. The van der Waals surface area contributed by atoms with Gasteiger partial charge in [0.2, 0.25) is 46.9 Å². The summed E-state index contributed by atoms with van der Waals surface area (Å²) in [5.41, 5.74) is 18.9. The van der Waals surface area contributed by atoms with Gasteiger partial charge in [0, 0.05) is 166 Å². The van der Waals surface area contributed by atoms with E-state index in [1.54, 1.807) is 19.6 Å². The zero-order valence-electron chi connectivity index (χ0n) is 65.9. The van der Waals surface area contributed by atoms with E-state index in [1.807, 2.05) is 146 Å². The molecule has 8 heterocycles. The summed E-state index contributed by atoms with van der Waals surface area (Å²) in [6.07, 6.45) is 30.9. The maximum Gasteiger partial charge on any atom is 0.258 e. The molecule has 4 aliphatic heterocycles. The number of aliphatic hydroxyl groups excluding tert-OH is 4. The van der Waals surface area contributed by atoms with Crippen LogP contribution in [0.2, 0.25) is 0 Å². The quantitative estimate of drug-likeness (QED) is 0.0653. The lowest BCUT2D eigenvalue weighted by molar-refractivity contribution is -0.128. The summed E-state index contributed by atoms with van der Waals surface area (Å²) >= 11 is 0. The average Bonchev–Trinajstić information content (AvgIpc) is 1.60. The van der Waals surface area contributed by atoms with E-state index in [2.05, 4.69) is 88.5 Å². The van der Waals surface area contributed by atoms with Crippen LogP contribution in [0.1, 0.15) is 118 Å². The number of amides is 4. The van der Waals surface area contributed by atoms with E-state index in [-0.39, 0.29) is 71.7 Å². The van der Waals surface area contributed by atoms with E-state index in [0.29, 0.717) is 125 Å². The van der Waals surface area contributed by atoms with Gasteiger partial charge in [0.25, 0.3) is 23.6 Å². The van der Waals surface area contributed by atoms with Gasteiger partial charge in [0.05, 0.1) is 26.4 Å². The monoisotopic (exact) mass is 1600 g/mol. The Hall–Kier alpha value is -13.7. The third-order valence-electron chi connectivity index (χ3n) is 25.0. The Labute approximate surface area is 692 Å². The Morgan fingerprint density at radius 2 is 0.567 bits per heavy atom. The van der Waals surface area contributed by atoms with Crippen LogP contribution in [-0.2, 0) is 66.5 Å². The third-order valence-corrected chi connectivity index (χ3v) is 25.0. The lowest BCUT2D eigenvalue weighted by Gasteiger charge is -2.24. The largest absolute Gasteiger partial charge is 0.395 e. The highest BCUT2D eigenvalue weighted by atomic mass is 16.5. The molecule has 24 heteroatoms. The minimum absolute atomic E-state index is 0.0112. The highest BCUT2D eigenvalue weighted by Gasteiger charge is 2.53. The lowest BCUT2D eigenvalue weighted by Crippen LogP contribution is -2.32. The van der Waals surface area contributed by atoms with Crippen molar-refractivity contribution in [2.45, 2.75) is 98.7 Å². The first kappa shape index (κ1) is 78.8. The maximum atomic E-state index is 12.5. The average molecular weight is 1600 g/mol. The van der Waals surface area contributed by atoms with Gasteiger partial charge in [-0.2, -0.15) is 19.9 Å². The molecule has 12 aromatic rings. The summed E-state index contributed by atoms with van der Waals surface area (Å²) < 4.78 is 22.1. The first-order valence-corrected chi connectivity index (χ1v) is 40.2. The summed E-state index contributed by atoms with van der Waals surface area (Å²) in [5.74, 6) is 14.8. The van der Waals surface area contributed by atoms with Crippen molar-refractivity contribution < 1.29 is 57.7 Å². The van der Waals surface area contributed by atoms with Crippen molar-refractivity contribution in [3.63, 3.8) is 0 Å². The number of benzene rings is 8. The molecule has 4 amide bonds. The van der Waals surface area contributed by atoms with E-state index in [9.17, 15) is 39.6 Å². The Balaban J connectivity index is 0.000000114. The molecular formula is C96H84N12O12. The fraction of sp³-hybridized carbons (Fsp3) is 0.292. The molecule has 4 aliphatic carbocycles. The van der Waals surface area contributed by atoms with Crippen LogP contribution in [0.25, 0.3) is 91.4 Å². The number of terminal acetylenes is 4. The molecule has 4 fully saturated rings. The van der Waals surface area contributed by atoms with Crippen molar-refractivity contribution in [1.82, 2.24) is 60.2 Å². The smallest absolute Gasteiger partial charge is 0.258 e. The van der Waals surface area contributed by atoms with Gasteiger partial charge in [-0.15, -0.1) is 25.7 Å². The number of nitrogens with zero attached hydrogens (tertiary/aromatic N) is 12. The van der Waals surface area contributed by atoms with Crippen LogP contribution >= 0.6 is 0 Å². The highest BCUT2D eigenvalue weighted by Crippen LogP contribution is 2.53. The van der Waals surface area contributed by atoms with Crippen molar-refractivity contribution in [1.29, 1.82) is 0 Å². The molecular weight excluding hydrogens is 1510 g/mol. The zero-order chi connectivity index (χ0) is 82.9. The van der Waals surface area contributed by atoms with Gasteiger partial charge in [-0.25, -0.2) is 0 Å². The van der Waals surface area contributed by atoms with Gasteiger partial charge in [-0.05, 0) is 181 Å². The Bertz CT molecular complexity index is 5780. The van der Waals surface area contributed by atoms with Crippen LogP contribution in [0.4, 0.5) is 0 Å². The van der Waals surface area contributed by atoms with E-state index in [4.69, 9.17) is 43.8 Å². The number of rotatable bonds is 16. The summed E-state index contributed by atoms with van der Waals surface area (Å²) in [6, 6.07) is 54.3. The molecule has 4 spiro atoms. The number of hydrogen-bond acceptors (Lipinski definition) is 20. The van der Waals surface area contributed by atoms with Gasteiger partial charge in [-0.3, -0.25) is 19.2 Å². The van der Waals surface area contributed by atoms with Crippen LogP contribution < -0.4 is 0 Å². The second-order valence-electron chi connectivity index (χ2n) is 31.9. The molecule has 4 N–H and O–H groups in total. The van der Waals surface area contributed by atoms with E-state index >= 15 is 0 Å². The standard InChI is InChI=1S/4C24H21N3O3/c2*1-2-16-5-3-6-17(13-16)23-25-22(26-30-23)19-7-4-8-20-18(19)9-10-24(20)14-21(29)27(15-24)11-12-28;2*1-2-16-6-8-17(9-7-16)23-25-22(26-30-23)19-4-3-5-20-18(19)10-11-24(20)14-21(29)27(15-24)12-13-28/h2*1,3-8,13,28H,9-12,14-15H2;2*1,3-9,28H,10-15H2/t4*24-/m1010/s1. The van der Waals surface area contributed by atoms with Crippen molar-refractivity contribution in [3.05, 3.63) is 237 Å². The minimum Gasteiger partial charge on any atom is -0.395 e. The Kier molecular flexibility index (Phi) is 21.7. The Morgan fingerprint density at radius 3 is 0.817 bits per heavy atom. The number of aliphatic hydroxyl groups is 4. The number of fused-ring (bicyclic) bond motifs is 8. The van der Waals surface area contributed by atoms with Crippen LogP contribution in [0, 0.1) is 49.4 Å². The third kappa shape index (κ3) is 14.8. The van der Waals surface area contributed by atoms with E-state index in [0.717, 1.165) is 118 Å². The van der Waals surface area contributed by atoms with Gasteiger partial charge in [0.15, 0.2) is 0 Å². The maximum absolute atomic E-state index is 12.5. The van der Waals surface area contributed by atoms with Gasteiger partial charge < -0.3 is 58.1 Å². The normalized spacial score (nSPS) is 20.0. The topological polar surface area (TPSA) is 318 Å². The number of β-amino-alcohol motifs (C(OH)–C–C–N with tert-alkyl or cyclic N) is 4. The molecule has 0 bridgehead atoms. The second kappa shape index (κ2) is 33.0. The highest BCUT2D eigenvalue weighted by molar-refractivity contribution is 5.86. The van der Waals surface area contributed by atoms with Crippen LogP contribution in [0.5, 0.6) is 0 Å². The fourth-order valence-electron chi connectivity index (χ4n) is 19.3. The summed E-state index contributed by atoms with van der Waals surface area (Å²) in [7, 11) is 0. The predicted octanol–water partition coefficient (Wildman–Crippen LogP) is 11.2. The van der Waals surface area contributed by atoms with Gasteiger partial charge >= 0.3 is 0 Å². The molecule has 600 valence electrons. The minimum atomic E-state index is -0.189. The number of carbonyl (C=O) groups is 4. The number of aromatic nitrogens is 8. The molecule has 20 rings (SSSR count). The number of hydrogen-bond donors (Lipinski definition) is 4. The molecule has 0 radical (unpaired) electrons. The van der Waals surface area contributed by atoms with Crippen molar-refractivity contribution in [3.8, 4) is 141 Å². The molecule has 8 aromatic carbocycles. The van der Waals surface area contributed by atoms with Crippen LogP contribution in [-0.4, -0.2) is 183 Å². The summed E-state index contributed by atoms with van der Waals surface area (Å²) in [5, 5.41) is 53.9. The van der Waals surface area contributed by atoms with Crippen molar-refractivity contribution >= 4 is 23.6 Å². The molecule has 0 saturated carbocycles. The van der Waals surface area contributed by atoms with Gasteiger partial charge in [0.1, 0.15) is 0 Å². The molecule has 0 unspecified atom stereocenters. The Morgan fingerprint density at radius 1 is 0.317 bits per heavy atom. The predicted molar refractivity (Wildman–Crippen MR) is 446 cm³/mol. The fourth-order valence-corrected chi connectivity index (χ4v) is 19.3. The van der Waals surface area contributed by atoms with Crippen molar-refractivity contribution in [2.24, 2.45) is 0 Å². The first-order valence-electron chi connectivity index (χ1n) is 40.2. The summed E-state index contributed by atoms with van der Waals surface area (Å²) in [4.78, 5) is 75.4. The van der Waals surface area contributed by atoms with Gasteiger partial charge in [-0.1, -0.05) is 129 Å². The molecule has 4 aromatic heterocycles. The number of likely N-dealkylation sites (tertiary alicyclic amines) is 4. The van der Waals surface area contributed by atoms with Crippen molar-refractivity contribution in [2.75, 3.05) is 78.8 Å². The van der Waals surface area contributed by atoms with Crippen LogP contribution in [0.15, 0.2) is 188 Å². The second-order valence-corrected chi connectivity index (χ2v) is 31.9.